The van der Waals surface area contributed by atoms with E-state index in [9.17, 15) is 0 Å². The van der Waals surface area contributed by atoms with Gasteiger partial charge in [0.15, 0.2) is 0 Å². The molecule has 3 heteroatoms. The number of hydrogen-bond donors (Lipinski definition) is 0. The summed E-state index contributed by atoms with van der Waals surface area (Å²) in [6.45, 7) is 25.1. The molecular weight excluding hydrogens is 615 g/mol. The third kappa shape index (κ3) is 6.64. The standard InChI is InChI=1S/C48H56BN2/c1-32(2)42-14-12-15-43(33(3)4)47(42)50-30-46(51(31-50)48-44(34(5)6)16-13-17-45(48)35(7)8)49(39-24-18-36(9)19-25-39,40-26-20-37(10)21-27-40)41-28-22-38(11)23-29-41/h12-30,32-35H,1-11H3/q-1. The van der Waals surface area contributed by atoms with Crippen molar-refractivity contribution in [2.75, 3.05) is 0 Å². The van der Waals surface area contributed by atoms with Gasteiger partial charge in [0.25, 0.3) is 6.33 Å². The Morgan fingerprint density at radius 1 is 0.471 bits per heavy atom. The molecule has 0 fully saturated rings. The highest BCUT2D eigenvalue weighted by Crippen LogP contribution is 2.32. The number of aromatic nitrogens is 2. The summed E-state index contributed by atoms with van der Waals surface area (Å²) in [5.74, 6) is 1.35. The molecule has 0 atom stereocenters. The van der Waals surface area contributed by atoms with E-state index >= 15 is 0 Å². The van der Waals surface area contributed by atoms with Crippen LogP contribution in [0.1, 0.15) is 118 Å². The van der Waals surface area contributed by atoms with Crippen LogP contribution < -0.4 is 26.5 Å². The molecule has 0 N–H and O–H groups in total. The van der Waals surface area contributed by atoms with E-state index in [-0.39, 0.29) is 0 Å². The number of aryl methyl sites for hydroxylation is 3. The largest absolute Gasteiger partial charge is 0.330 e. The van der Waals surface area contributed by atoms with E-state index in [1.54, 1.807) is 0 Å². The highest BCUT2D eigenvalue weighted by atomic mass is 15.1. The molecule has 1 aromatic heterocycles. The van der Waals surface area contributed by atoms with E-state index in [1.807, 2.05) is 0 Å². The SMILES string of the molecule is Cc1ccc([B-](c2ccc(C)cc2)(c2ccc(C)cc2)c2c[n+](-c3c(C(C)C)cccc3C(C)C)[c-]n2-c2c(C(C)C)cccc2C(C)C)cc1. The van der Waals surface area contributed by atoms with Crippen LogP contribution in [-0.2, 0) is 0 Å². The Hall–Kier alpha value is -4.63. The number of imidazole rings is 1. The lowest BCUT2D eigenvalue weighted by Crippen LogP contribution is -2.76. The minimum atomic E-state index is -1.72. The van der Waals surface area contributed by atoms with Crippen LogP contribution in [-0.4, -0.2) is 10.7 Å². The molecule has 6 rings (SSSR count). The zero-order valence-electron chi connectivity index (χ0n) is 32.8. The molecule has 0 saturated heterocycles. The third-order valence-corrected chi connectivity index (χ3v) is 11.1. The molecule has 51 heavy (non-hydrogen) atoms. The number of hydrogen-bond acceptors (Lipinski definition) is 0. The molecule has 0 aliphatic rings. The molecule has 0 bridgehead atoms. The van der Waals surface area contributed by atoms with Crippen molar-refractivity contribution >= 4 is 28.1 Å². The second kappa shape index (κ2) is 14.5. The average molecular weight is 672 g/mol. The van der Waals surface area contributed by atoms with Gasteiger partial charge in [0.1, 0.15) is 6.15 Å². The van der Waals surface area contributed by atoms with Crippen LogP contribution in [0.2, 0.25) is 0 Å². The second-order valence-electron chi connectivity index (χ2n) is 16.1. The molecule has 1 heterocycles. The van der Waals surface area contributed by atoms with Crippen LogP contribution in [0.25, 0.3) is 11.4 Å². The number of rotatable bonds is 10. The summed E-state index contributed by atoms with van der Waals surface area (Å²) in [6, 6.07) is 41.7. The first-order valence-corrected chi connectivity index (χ1v) is 19.0. The predicted molar refractivity (Wildman–Crippen MR) is 220 cm³/mol. The van der Waals surface area contributed by atoms with Crippen LogP contribution in [0.4, 0.5) is 0 Å². The van der Waals surface area contributed by atoms with Gasteiger partial charge in [-0.3, -0.25) is 0 Å². The van der Waals surface area contributed by atoms with E-state index in [2.05, 4.69) is 207 Å². The Bertz CT molecular complexity index is 1950. The van der Waals surface area contributed by atoms with Crippen LogP contribution in [0.3, 0.4) is 0 Å². The Kier molecular flexibility index (Phi) is 10.3. The molecule has 0 amide bonds. The normalized spacial score (nSPS) is 12.1. The number of benzene rings is 5. The summed E-state index contributed by atoms with van der Waals surface area (Å²) in [5.41, 5.74) is 16.7. The van der Waals surface area contributed by atoms with Gasteiger partial charge in [0, 0.05) is 6.20 Å². The first-order valence-electron chi connectivity index (χ1n) is 19.0. The zero-order chi connectivity index (χ0) is 36.6. The first-order chi connectivity index (χ1) is 24.3. The van der Waals surface area contributed by atoms with Crippen LogP contribution in [0.15, 0.2) is 115 Å². The summed E-state index contributed by atoms with van der Waals surface area (Å²) in [5, 5.41) is 0. The van der Waals surface area contributed by atoms with E-state index in [0.29, 0.717) is 23.7 Å². The van der Waals surface area contributed by atoms with Gasteiger partial charge in [0.05, 0.1) is 11.4 Å². The Morgan fingerprint density at radius 2 is 0.804 bits per heavy atom. The topological polar surface area (TPSA) is 8.81 Å². The minimum absolute atomic E-state index is 0.324. The van der Waals surface area contributed by atoms with Crippen LogP contribution >= 0.6 is 0 Å². The molecule has 5 aromatic carbocycles. The summed E-state index contributed by atoms with van der Waals surface area (Å²) < 4.78 is 4.83. The average Bonchev–Trinajstić information content (AvgIpc) is 3.55. The fraction of sp³-hybridized carbons (Fsp3) is 0.312. The van der Waals surface area contributed by atoms with Crippen molar-refractivity contribution in [1.82, 2.24) is 4.57 Å². The lowest BCUT2D eigenvalue weighted by Gasteiger charge is -2.45. The van der Waals surface area contributed by atoms with Gasteiger partial charge in [-0.1, -0.05) is 187 Å². The fourth-order valence-electron chi connectivity index (χ4n) is 8.20. The van der Waals surface area contributed by atoms with Crippen molar-refractivity contribution in [1.29, 1.82) is 0 Å². The first kappa shape index (κ1) is 36.2. The van der Waals surface area contributed by atoms with E-state index in [1.165, 1.54) is 72.3 Å². The molecule has 2 nitrogen and oxygen atoms in total. The van der Waals surface area contributed by atoms with Gasteiger partial charge in [-0.25, -0.2) is 0 Å². The van der Waals surface area contributed by atoms with Gasteiger partial charge < -0.3 is 9.13 Å². The number of nitrogens with zero attached hydrogens (tertiary/aromatic N) is 2. The molecule has 0 radical (unpaired) electrons. The molecule has 262 valence electrons. The molecule has 6 aromatic rings. The van der Waals surface area contributed by atoms with E-state index < -0.39 is 6.15 Å². The number of para-hydroxylation sites is 2. The molecule has 0 unspecified atom stereocenters. The molecule has 0 aliphatic heterocycles. The summed E-state index contributed by atoms with van der Waals surface area (Å²) in [4.78, 5) is 0. The Balaban J connectivity index is 1.89. The van der Waals surface area contributed by atoms with E-state index in [4.69, 9.17) is 0 Å². The van der Waals surface area contributed by atoms with Gasteiger partial charge in [0.2, 0.25) is 0 Å². The van der Waals surface area contributed by atoms with Gasteiger partial charge in [-0.15, -0.1) is 0 Å². The second-order valence-corrected chi connectivity index (χ2v) is 16.1. The quantitative estimate of drug-likeness (QED) is 0.0780. The van der Waals surface area contributed by atoms with Crippen molar-refractivity contribution in [3.05, 3.63) is 161 Å². The van der Waals surface area contributed by atoms with Crippen molar-refractivity contribution in [2.24, 2.45) is 0 Å². The lowest BCUT2D eigenvalue weighted by molar-refractivity contribution is -0.600. The highest BCUT2D eigenvalue weighted by molar-refractivity contribution is 7.19. The van der Waals surface area contributed by atoms with Crippen molar-refractivity contribution in [3.8, 4) is 11.4 Å². The summed E-state index contributed by atoms with van der Waals surface area (Å²) in [6.07, 6.45) is 4.81. The lowest BCUT2D eigenvalue weighted by atomic mass is 9.14. The maximum absolute atomic E-state index is 4.09. The van der Waals surface area contributed by atoms with Crippen molar-refractivity contribution in [3.63, 3.8) is 0 Å². The van der Waals surface area contributed by atoms with Crippen molar-refractivity contribution in [2.45, 2.75) is 99.8 Å². The van der Waals surface area contributed by atoms with Crippen LogP contribution in [0.5, 0.6) is 0 Å². The highest BCUT2D eigenvalue weighted by Gasteiger charge is 2.36. The van der Waals surface area contributed by atoms with Crippen molar-refractivity contribution < 1.29 is 4.57 Å². The third-order valence-electron chi connectivity index (χ3n) is 11.1. The predicted octanol–water partition coefficient (Wildman–Crippen LogP) is 9.35. The summed E-state index contributed by atoms with van der Waals surface area (Å²) in [7, 11) is 0. The van der Waals surface area contributed by atoms with Crippen LogP contribution in [0, 0.1) is 27.1 Å². The van der Waals surface area contributed by atoms with E-state index in [0.717, 1.165) is 0 Å². The van der Waals surface area contributed by atoms with Gasteiger partial charge in [-0.2, -0.15) is 16.4 Å². The smallest absolute Gasteiger partial charge is 0.266 e. The summed E-state index contributed by atoms with van der Waals surface area (Å²) >= 11 is 0. The maximum atomic E-state index is 4.09. The Morgan fingerprint density at radius 3 is 1.14 bits per heavy atom. The molecule has 0 aliphatic carbocycles. The molecule has 0 saturated carbocycles. The monoisotopic (exact) mass is 671 g/mol. The Labute approximate surface area is 308 Å². The van der Waals surface area contributed by atoms with Gasteiger partial charge >= 0.3 is 0 Å². The molecule has 0 spiro atoms. The zero-order valence-corrected chi connectivity index (χ0v) is 32.8. The van der Waals surface area contributed by atoms with Gasteiger partial charge in [-0.05, 0) is 66.7 Å². The minimum Gasteiger partial charge on any atom is -0.330 e. The maximum Gasteiger partial charge on any atom is 0.266 e. The fourth-order valence-corrected chi connectivity index (χ4v) is 8.20. The molecular formula is C48H56BN2-.